The fourth-order valence-electron chi connectivity index (χ4n) is 10.5. The topological polar surface area (TPSA) is 6.48 Å². The highest BCUT2D eigenvalue weighted by molar-refractivity contribution is 6.90. The Morgan fingerprint density at radius 2 is 0.662 bits per heavy atom. The van der Waals surface area contributed by atoms with Gasteiger partial charge in [0.1, 0.15) is 11.6 Å². The Balaban J connectivity index is 1.27. The average Bonchev–Trinajstić information content (AvgIpc) is 3.36. The monoisotopic (exact) mass is 1050 g/mol. The van der Waals surface area contributed by atoms with Crippen molar-refractivity contribution in [2.24, 2.45) is 0 Å². The number of hydrogen-bond acceptors (Lipinski definition) is 2. The molecule has 0 atom stereocenters. The molecule has 0 aliphatic heterocycles. The number of halogens is 4. The van der Waals surface area contributed by atoms with E-state index in [9.17, 15) is 0 Å². The lowest BCUT2D eigenvalue weighted by atomic mass is 9.91. The standard InChI is InChI=1S/C64H64F4N2Si4/c1-71(2,3)49-27-23-47(24-28-49)69(63-55(37-45(65)39-57(63)67)43-15-13-17-51(35-43)73(7,8)9)59-33-21-41-20-32-54-60(34-22-42-19-31-53(59)61(41)62(42)54)70(48-25-29-50(30-26-48)72(4,5)6)64-56(38-46(66)40-58(64)68)44-16-14-18-52(36-44)74(10,11)12/h13-40H,1-12H3. The predicted octanol–water partition coefficient (Wildman–Crippen LogP) is 17.6. The van der Waals surface area contributed by atoms with Crippen molar-refractivity contribution >= 4 is 119 Å². The van der Waals surface area contributed by atoms with Crippen LogP contribution in [0, 0.1) is 23.3 Å². The van der Waals surface area contributed by atoms with Gasteiger partial charge in [0.25, 0.3) is 0 Å². The van der Waals surface area contributed by atoms with E-state index < -0.39 is 55.6 Å². The Morgan fingerprint density at radius 3 is 1.00 bits per heavy atom. The summed E-state index contributed by atoms with van der Waals surface area (Å²) in [6.45, 7) is 27.5. The molecule has 374 valence electrons. The second-order valence-corrected chi connectivity index (χ2v) is 44.4. The maximum atomic E-state index is 17.3. The summed E-state index contributed by atoms with van der Waals surface area (Å²) in [6.07, 6.45) is 0. The summed E-state index contributed by atoms with van der Waals surface area (Å²) in [5.41, 5.74) is 5.80. The van der Waals surface area contributed by atoms with E-state index >= 15 is 17.6 Å². The minimum absolute atomic E-state index is 0.251. The number of anilines is 6. The van der Waals surface area contributed by atoms with E-state index in [4.69, 9.17) is 0 Å². The molecule has 74 heavy (non-hydrogen) atoms. The smallest absolute Gasteiger partial charge is 0.150 e. The van der Waals surface area contributed by atoms with Crippen molar-refractivity contribution in [3.8, 4) is 22.3 Å². The van der Waals surface area contributed by atoms with Crippen molar-refractivity contribution in [1.29, 1.82) is 0 Å². The van der Waals surface area contributed by atoms with Gasteiger partial charge >= 0.3 is 0 Å². The van der Waals surface area contributed by atoms with Gasteiger partial charge in [0, 0.05) is 45.4 Å². The molecule has 0 aliphatic rings. The van der Waals surface area contributed by atoms with Gasteiger partial charge in [-0.15, -0.1) is 0 Å². The SMILES string of the molecule is C[Si](C)(C)c1ccc(N(c2c(F)cc(F)cc2-c2cccc([Si](C)(C)C)c2)c2ccc3ccc4c(N(c5ccc([Si](C)(C)C)cc5)c5c(F)cc(F)cc5-c5cccc([Si](C)(C)C)c5)ccc5ccc2c3c54)cc1. The van der Waals surface area contributed by atoms with Crippen molar-refractivity contribution in [3.05, 3.63) is 193 Å². The number of benzene rings is 10. The molecule has 0 unspecified atom stereocenters. The number of nitrogens with zero attached hydrogens (tertiary/aromatic N) is 2. The molecule has 0 aromatic heterocycles. The molecule has 10 aromatic rings. The van der Waals surface area contributed by atoms with E-state index in [1.807, 2.05) is 46.2 Å². The van der Waals surface area contributed by atoms with Crippen LogP contribution in [0.15, 0.2) is 170 Å². The van der Waals surface area contributed by atoms with Crippen LogP contribution in [0.5, 0.6) is 0 Å². The van der Waals surface area contributed by atoms with Crippen LogP contribution in [0.1, 0.15) is 0 Å². The fraction of sp³-hybridized carbons (Fsp3) is 0.188. The minimum atomic E-state index is -1.83. The molecule has 0 N–H and O–H groups in total. The second-order valence-electron chi connectivity index (χ2n) is 24.1. The van der Waals surface area contributed by atoms with Gasteiger partial charge in [-0.05, 0) is 81.2 Å². The summed E-state index contributed by atoms with van der Waals surface area (Å²) >= 11 is 0. The molecule has 0 fully saturated rings. The van der Waals surface area contributed by atoms with E-state index in [1.54, 1.807) is 0 Å². The lowest BCUT2D eigenvalue weighted by Crippen LogP contribution is -2.37. The van der Waals surface area contributed by atoms with E-state index in [2.05, 4.69) is 188 Å². The van der Waals surface area contributed by atoms with Gasteiger partial charge in [-0.3, -0.25) is 0 Å². The quantitative estimate of drug-likeness (QED) is 0.0683. The van der Waals surface area contributed by atoms with Crippen LogP contribution < -0.4 is 30.5 Å². The lowest BCUT2D eigenvalue weighted by Gasteiger charge is -2.32. The first kappa shape index (κ1) is 50.9. The Kier molecular flexibility index (Phi) is 12.8. The van der Waals surface area contributed by atoms with Crippen LogP contribution in [0.3, 0.4) is 0 Å². The first-order chi connectivity index (χ1) is 34.9. The molecule has 0 bridgehead atoms. The highest BCUT2D eigenvalue weighted by Crippen LogP contribution is 2.51. The van der Waals surface area contributed by atoms with E-state index in [1.165, 1.54) is 32.9 Å². The zero-order valence-corrected chi connectivity index (χ0v) is 48.6. The summed E-state index contributed by atoms with van der Waals surface area (Å²) in [7, 11) is -7.15. The summed E-state index contributed by atoms with van der Waals surface area (Å²) in [5.74, 6) is -2.66. The molecule has 0 spiro atoms. The molecular weight excluding hydrogens is 985 g/mol. The summed E-state index contributed by atoms with van der Waals surface area (Å²) in [6, 6.07) is 54.7. The van der Waals surface area contributed by atoms with Gasteiger partial charge in [0.2, 0.25) is 0 Å². The summed E-state index contributed by atoms with van der Waals surface area (Å²) in [4.78, 5) is 3.93. The zero-order chi connectivity index (χ0) is 52.8. The number of rotatable bonds is 12. The van der Waals surface area contributed by atoms with Gasteiger partial charge in [0.15, 0.2) is 11.6 Å². The first-order valence-electron chi connectivity index (χ1n) is 25.6. The van der Waals surface area contributed by atoms with Gasteiger partial charge in [-0.1, -0.05) is 209 Å². The van der Waals surface area contributed by atoms with Crippen LogP contribution in [0.2, 0.25) is 78.6 Å². The first-order valence-corrected chi connectivity index (χ1v) is 39.6. The molecule has 10 heteroatoms. The van der Waals surface area contributed by atoms with Crippen LogP contribution in [0.4, 0.5) is 51.7 Å². The highest BCUT2D eigenvalue weighted by atomic mass is 28.3. The largest absolute Gasteiger partial charge is 0.307 e. The molecule has 0 amide bonds. The highest BCUT2D eigenvalue weighted by Gasteiger charge is 2.30. The molecule has 0 aliphatic carbocycles. The summed E-state index contributed by atoms with van der Waals surface area (Å²) < 4.78 is 66.2. The van der Waals surface area contributed by atoms with Crippen molar-refractivity contribution in [2.45, 2.75) is 78.6 Å². The lowest BCUT2D eigenvalue weighted by molar-refractivity contribution is 0.584. The van der Waals surface area contributed by atoms with E-state index in [0.29, 0.717) is 11.1 Å². The molecule has 2 nitrogen and oxygen atoms in total. The van der Waals surface area contributed by atoms with Crippen LogP contribution in [-0.4, -0.2) is 32.3 Å². The van der Waals surface area contributed by atoms with Crippen LogP contribution >= 0.6 is 0 Å². The zero-order valence-electron chi connectivity index (χ0n) is 44.6. The average molecular weight is 1050 g/mol. The number of hydrogen-bond donors (Lipinski definition) is 0. The molecule has 0 saturated carbocycles. The molecule has 10 rings (SSSR count). The van der Waals surface area contributed by atoms with Crippen molar-refractivity contribution in [3.63, 3.8) is 0 Å². The maximum absolute atomic E-state index is 17.3. The Morgan fingerprint density at radius 1 is 0.324 bits per heavy atom. The van der Waals surface area contributed by atoms with Gasteiger partial charge in [0.05, 0.1) is 55.0 Å². The molecule has 0 radical (unpaired) electrons. The molecule has 10 aromatic carbocycles. The molecule has 0 saturated heterocycles. The minimum Gasteiger partial charge on any atom is -0.307 e. The molecule has 0 heterocycles. The fourth-order valence-corrected chi connectivity index (χ4v) is 15.2. The predicted molar refractivity (Wildman–Crippen MR) is 322 cm³/mol. The maximum Gasteiger partial charge on any atom is 0.150 e. The normalized spacial score (nSPS) is 12.6. The molecular formula is C64H64F4N2Si4. The van der Waals surface area contributed by atoms with Crippen LogP contribution in [-0.2, 0) is 0 Å². The third kappa shape index (κ3) is 9.46. The van der Waals surface area contributed by atoms with Crippen molar-refractivity contribution in [2.75, 3.05) is 9.80 Å². The van der Waals surface area contributed by atoms with Crippen molar-refractivity contribution < 1.29 is 17.6 Å². The third-order valence-corrected chi connectivity index (χ3v) is 22.9. The Bertz CT molecular complexity index is 3520. The Labute approximate surface area is 438 Å². The van der Waals surface area contributed by atoms with Crippen LogP contribution in [0.25, 0.3) is 54.6 Å². The summed E-state index contributed by atoms with van der Waals surface area (Å²) in [5, 5.41) is 10.5. The van der Waals surface area contributed by atoms with Gasteiger partial charge in [-0.2, -0.15) is 0 Å². The van der Waals surface area contributed by atoms with E-state index in [-0.39, 0.29) is 11.4 Å². The van der Waals surface area contributed by atoms with Gasteiger partial charge in [-0.25, -0.2) is 17.6 Å². The third-order valence-electron chi connectivity index (χ3n) is 14.7. The van der Waals surface area contributed by atoms with E-state index in [0.717, 1.165) is 78.3 Å². The second kappa shape index (κ2) is 18.7. The van der Waals surface area contributed by atoms with Gasteiger partial charge < -0.3 is 9.80 Å². The van der Waals surface area contributed by atoms with Crippen molar-refractivity contribution in [1.82, 2.24) is 0 Å². The Hall–Kier alpha value is -6.57.